The van der Waals surface area contributed by atoms with Crippen LogP contribution in [0.15, 0.2) is 0 Å². The lowest BCUT2D eigenvalue weighted by molar-refractivity contribution is 0.108. The highest BCUT2D eigenvalue weighted by atomic mass is 15.3. The topological polar surface area (TPSA) is 32.5 Å². The SMILES string of the molecule is CC(C)CN1CCN(CC(C)C(C)N)CC1. The standard InChI is InChI=1S/C13H29N3/c1-11(2)9-15-5-7-16(8-6-15)10-12(3)13(4)14/h11-13H,5-10,14H2,1-4H3. The van der Waals surface area contributed by atoms with E-state index < -0.39 is 0 Å². The molecule has 0 aromatic heterocycles. The van der Waals surface area contributed by atoms with Crippen molar-refractivity contribution in [3.05, 3.63) is 0 Å². The molecule has 3 nitrogen and oxygen atoms in total. The molecule has 96 valence electrons. The Bertz CT molecular complexity index is 184. The average molecular weight is 227 g/mol. The van der Waals surface area contributed by atoms with Crippen molar-refractivity contribution in [2.75, 3.05) is 39.3 Å². The molecular weight excluding hydrogens is 198 g/mol. The van der Waals surface area contributed by atoms with Crippen LogP contribution in [0.3, 0.4) is 0 Å². The second kappa shape index (κ2) is 6.58. The fourth-order valence-corrected chi connectivity index (χ4v) is 2.24. The summed E-state index contributed by atoms with van der Waals surface area (Å²) in [6, 6.07) is 0.314. The summed E-state index contributed by atoms with van der Waals surface area (Å²) in [5, 5.41) is 0. The highest BCUT2D eigenvalue weighted by Gasteiger charge is 2.19. The fraction of sp³-hybridized carbons (Fsp3) is 1.00. The van der Waals surface area contributed by atoms with Crippen LogP contribution in [0.2, 0.25) is 0 Å². The van der Waals surface area contributed by atoms with Gasteiger partial charge in [-0.15, -0.1) is 0 Å². The zero-order chi connectivity index (χ0) is 12.1. The summed E-state index contributed by atoms with van der Waals surface area (Å²) in [6.07, 6.45) is 0. The van der Waals surface area contributed by atoms with E-state index in [-0.39, 0.29) is 0 Å². The van der Waals surface area contributed by atoms with E-state index in [9.17, 15) is 0 Å². The zero-order valence-corrected chi connectivity index (χ0v) is 11.4. The lowest BCUT2D eigenvalue weighted by Gasteiger charge is -2.37. The van der Waals surface area contributed by atoms with Crippen molar-refractivity contribution in [2.45, 2.75) is 33.7 Å². The molecule has 2 N–H and O–H groups in total. The van der Waals surface area contributed by atoms with Crippen molar-refractivity contribution >= 4 is 0 Å². The van der Waals surface area contributed by atoms with Crippen LogP contribution in [0.4, 0.5) is 0 Å². The molecule has 0 bridgehead atoms. The number of rotatable bonds is 5. The molecule has 1 aliphatic rings. The molecule has 0 radical (unpaired) electrons. The Kier molecular flexibility index (Phi) is 5.73. The molecule has 0 aromatic carbocycles. The van der Waals surface area contributed by atoms with Crippen LogP contribution in [-0.2, 0) is 0 Å². The minimum atomic E-state index is 0.314. The predicted octanol–water partition coefficient (Wildman–Crippen LogP) is 1.24. The first-order chi connectivity index (χ1) is 7.49. The van der Waals surface area contributed by atoms with Gasteiger partial charge in [-0.3, -0.25) is 0 Å². The lowest BCUT2D eigenvalue weighted by Crippen LogP contribution is -2.49. The highest BCUT2D eigenvalue weighted by Crippen LogP contribution is 2.09. The number of hydrogen-bond donors (Lipinski definition) is 1. The van der Waals surface area contributed by atoms with Gasteiger partial charge in [-0.2, -0.15) is 0 Å². The van der Waals surface area contributed by atoms with Crippen molar-refractivity contribution < 1.29 is 0 Å². The number of piperazine rings is 1. The molecule has 1 rings (SSSR count). The van der Waals surface area contributed by atoms with Crippen molar-refractivity contribution in [2.24, 2.45) is 17.6 Å². The molecule has 0 saturated carbocycles. The Hall–Kier alpha value is -0.120. The molecule has 2 unspecified atom stereocenters. The van der Waals surface area contributed by atoms with Gasteiger partial charge in [-0.05, 0) is 18.8 Å². The second-order valence-corrected chi connectivity index (χ2v) is 5.83. The van der Waals surface area contributed by atoms with Crippen molar-refractivity contribution in [1.82, 2.24) is 9.80 Å². The van der Waals surface area contributed by atoms with Crippen LogP contribution in [0.5, 0.6) is 0 Å². The van der Waals surface area contributed by atoms with Crippen molar-refractivity contribution in [1.29, 1.82) is 0 Å². The number of nitrogens with two attached hydrogens (primary N) is 1. The van der Waals surface area contributed by atoms with E-state index in [0.29, 0.717) is 12.0 Å². The maximum Gasteiger partial charge on any atom is 0.0110 e. The molecule has 2 atom stereocenters. The summed E-state index contributed by atoms with van der Waals surface area (Å²) in [4.78, 5) is 5.14. The van der Waals surface area contributed by atoms with Gasteiger partial charge < -0.3 is 15.5 Å². The van der Waals surface area contributed by atoms with Gasteiger partial charge in [0.1, 0.15) is 0 Å². The third-order valence-electron chi connectivity index (χ3n) is 3.53. The zero-order valence-electron chi connectivity index (χ0n) is 11.4. The Balaban J connectivity index is 2.21. The van der Waals surface area contributed by atoms with E-state index in [1.165, 1.54) is 32.7 Å². The van der Waals surface area contributed by atoms with Crippen LogP contribution in [-0.4, -0.2) is 55.1 Å². The summed E-state index contributed by atoms with van der Waals surface area (Å²) in [6.45, 7) is 16.2. The van der Waals surface area contributed by atoms with Gasteiger partial charge in [-0.1, -0.05) is 20.8 Å². The fourth-order valence-electron chi connectivity index (χ4n) is 2.24. The number of hydrogen-bond acceptors (Lipinski definition) is 3. The van der Waals surface area contributed by atoms with Crippen LogP contribution in [0.1, 0.15) is 27.7 Å². The van der Waals surface area contributed by atoms with Gasteiger partial charge in [0, 0.05) is 45.3 Å². The minimum absolute atomic E-state index is 0.314. The Morgan fingerprint density at radius 2 is 1.31 bits per heavy atom. The summed E-state index contributed by atoms with van der Waals surface area (Å²) < 4.78 is 0. The summed E-state index contributed by atoms with van der Waals surface area (Å²) in [5.41, 5.74) is 5.91. The normalized spacial score (nSPS) is 23.6. The Labute approximate surface area is 101 Å². The highest BCUT2D eigenvalue weighted by molar-refractivity contribution is 4.76. The second-order valence-electron chi connectivity index (χ2n) is 5.83. The van der Waals surface area contributed by atoms with Crippen LogP contribution in [0.25, 0.3) is 0 Å². The maximum atomic E-state index is 5.91. The van der Waals surface area contributed by atoms with Gasteiger partial charge in [0.05, 0.1) is 0 Å². The van der Waals surface area contributed by atoms with Gasteiger partial charge in [0.2, 0.25) is 0 Å². The monoisotopic (exact) mass is 227 g/mol. The van der Waals surface area contributed by atoms with Crippen molar-refractivity contribution in [3.63, 3.8) is 0 Å². The lowest BCUT2D eigenvalue weighted by atomic mass is 10.0. The predicted molar refractivity (Wildman–Crippen MR) is 70.5 cm³/mol. The third kappa shape index (κ3) is 4.81. The van der Waals surface area contributed by atoms with Gasteiger partial charge in [0.15, 0.2) is 0 Å². The first-order valence-corrected chi connectivity index (χ1v) is 6.69. The molecule has 1 heterocycles. The summed E-state index contributed by atoms with van der Waals surface area (Å²) in [7, 11) is 0. The summed E-state index contributed by atoms with van der Waals surface area (Å²) >= 11 is 0. The van der Waals surface area contributed by atoms with Gasteiger partial charge >= 0.3 is 0 Å². The van der Waals surface area contributed by atoms with Gasteiger partial charge in [-0.25, -0.2) is 0 Å². The van der Waals surface area contributed by atoms with E-state index in [0.717, 1.165) is 12.5 Å². The van der Waals surface area contributed by atoms with Crippen LogP contribution < -0.4 is 5.73 Å². The first-order valence-electron chi connectivity index (χ1n) is 6.69. The molecular formula is C13H29N3. The Morgan fingerprint density at radius 1 is 0.875 bits per heavy atom. The molecule has 0 aliphatic carbocycles. The molecule has 0 aromatic rings. The van der Waals surface area contributed by atoms with Crippen molar-refractivity contribution in [3.8, 4) is 0 Å². The van der Waals surface area contributed by atoms with E-state index in [2.05, 4.69) is 37.5 Å². The quantitative estimate of drug-likeness (QED) is 0.767. The molecule has 1 aliphatic heterocycles. The minimum Gasteiger partial charge on any atom is -0.328 e. The summed E-state index contributed by atoms with van der Waals surface area (Å²) in [5.74, 6) is 1.39. The first kappa shape index (κ1) is 13.9. The van der Waals surface area contributed by atoms with Crippen LogP contribution >= 0.6 is 0 Å². The molecule has 0 spiro atoms. The number of nitrogens with zero attached hydrogens (tertiary/aromatic N) is 2. The van der Waals surface area contributed by atoms with E-state index >= 15 is 0 Å². The average Bonchev–Trinajstić information content (AvgIpc) is 2.20. The molecule has 0 amide bonds. The van der Waals surface area contributed by atoms with Gasteiger partial charge in [0.25, 0.3) is 0 Å². The molecule has 3 heteroatoms. The van der Waals surface area contributed by atoms with E-state index in [1.54, 1.807) is 0 Å². The Morgan fingerprint density at radius 3 is 1.69 bits per heavy atom. The van der Waals surface area contributed by atoms with E-state index in [1.807, 2.05) is 0 Å². The van der Waals surface area contributed by atoms with Crippen LogP contribution in [0, 0.1) is 11.8 Å². The molecule has 16 heavy (non-hydrogen) atoms. The largest absolute Gasteiger partial charge is 0.328 e. The smallest absolute Gasteiger partial charge is 0.0110 e. The maximum absolute atomic E-state index is 5.91. The third-order valence-corrected chi connectivity index (χ3v) is 3.53. The van der Waals surface area contributed by atoms with E-state index in [4.69, 9.17) is 5.73 Å². The molecule has 1 fully saturated rings. The molecule has 1 saturated heterocycles.